The lowest BCUT2D eigenvalue weighted by Crippen LogP contribution is -2.14. The van der Waals surface area contributed by atoms with Gasteiger partial charge in [0.2, 0.25) is 0 Å². The van der Waals surface area contributed by atoms with Crippen LogP contribution in [0.2, 0.25) is 0 Å². The fraction of sp³-hybridized carbons (Fsp3) is 0.100. The van der Waals surface area contributed by atoms with Crippen molar-refractivity contribution in [3.63, 3.8) is 0 Å². The molecule has 1 N–H and O–H groups in total. The van der Waals surface area contributed by atoms with E-state index in [4.69, 9.17) is 28.3 Å². The third kappa shape index (κ3) is 3.43. The highest BCUT2D eigenvalue weighted by molar-refractivity contribution is 7.91. The van der Waals surface area contributed by atoms with Gasteiger partial charge in [0.25, 0.3) is 0 Å². The Morgan fingerprint density at radius 2 is 1.95 bits per heavy atom. The zero-order valence-corrected chi connectivity index (χ0v) is 11.4. The molecule has 0 radical (unpaired) electrons. The van der Waals surface area contributed by atoms with Gasteiger partial charge in [-0.3, -0.25) is 0 Å². The van der Waals surface area contributed by atoms with E-state index in [1.165, 1.54) is 0 Å². The van der Waals surface area contributed by atoms with Crippen molar-refractivity contribution >= 4 is 39.0 Å². The van der Waals surface area contributed by atoms with Gasteiger partial charge < -0.3 is 5.11 Å². The Hall–Kier alpha value is -1.18. The van der Waals surface area contributed by atoms with E-state index < -0.39 is 43.7 Å². The Bertz CT molecular complexity index is 656. The lowest BCUT2D eigenvalue weighted by Gasteiger charge is -2.07. The lowest BCUT2D eigenvalue weighted by molar-refractivity contribution is 0.0685. The van der Waals surface area contributed by atoms with Crippen LogP contribution in [0.25, 0.3) is 0 Å². The summed E-state index contributed by atoms with van der Waals surface area (Å²) in [5, 5.41) is 8.34. The molecular weight excluding hydrogens is 325 g/mol. The van der Waals surface area contributed by atoms with Crippen molar-refractivity contribution in [2.24, 2.45) is 0 Å². The first-order valence-electron chi connectivity index (χ1n) is 4.59. The SMILES string of the molecule is O=C(O)c1c(F)ccc(S(=O)(=O)CC(Cl)=CCl)c1F. The van der Waals surface area contributed by atoms with Gasteiger partial charge >= 0.3 is 5.97 Å². The minimum Gasteiger partial charge on any atom is -0.477 e. The number of carboxylic acids is 1. The quantitative estimate of drug-likeness (QED) is 0.861. The summed E-state index contributed by atoms with van der Waals surface area (Å²) >= 11 is 10.6. The Kier molecular flexibility index (Phi) is 4.89. The maximum atomic E-state index is 13.7. The van der Waals surface area contributed by atoms with E-state index in [-0.39, 0.29) is 5.03 Å². The fourth-order valence-corrected chi connectivity index (χ4v) is 3.11. The summed E-state index contributed by atoms with van der Waals surface area (Å²) in [6, 6.07) is 1.18. The highest BCUT2D eigenvalue weighted by atomic mass is 35.5. The van der Waals surface area contributed by atoms with Crippen molar-refractivity contribution in [3.05, 3.63) is 39.9 Å². The second kappa shape index (κ2) is 5.85. The second-order valence-corrected chi connectivity index (χ2v) is 6.02. The van der Waals surface area contributed by atoms with Crippen LogP contribution in [0.3, 0.4) is 0 Å². The number of sulfone groups is 1. The number of carboxylic acid groups (broad SMARTS) is 1. The van der Waals surface area contributed by atoms with E-state index in [0.717, 1.165) is 5.54 Å². The standard InChI is InChI=1S/C10H6Cl2F2O4S/c11-3-5(12)4-19(17,18)7-2-1-6(13)8(9(7)14)10(15)16/h1-3H,4H2,(H,15,16). The molecule has 0 saturated heterocycles. The number of hydrogen-bond acceptors (Lipinski definition) is 3. The topological polar surface area (TPSA) is 71.4 Å². The van der Waals surface area contributed by atoms with Gasteiger partial charge in [-0.25, -0.2) is 22.0 Å². The van der Waals surface area contributed by atoms with Gasteiger partial charge in [0, 0.05) is 10.6 Å². The molecule has 0 heterocycles. The first-order valence-corrected chi connectivity index (χ1v) is 7.06. The van der Waals surface area contributed by atoms with E-state index in [1.807, 2.05) is 0 Å². The van der Waals surface area contributed by atoms with Gasteiger partial charge in [0.15, 0.2) is 15.7 Å². The van der Waals surface area contributed by atoms with Crippen LogP contribution in [0.1, 0.15) is 10.4 Å². The van der Waals surface area contributed by atoms with Crippen LogP contribution < -0.4 is 0 Å². The molecule has 4 nitrogen and oxygen atoms in total. The summed E-state index contributed by atoms with van der Waals surface area (Å²) in [6.07, 6.45) is 0. The molecular formula is C10H6Cl2F2O4S. The Morgan fingerprint density at radius 1 is 1.37 bits per heavy atom. The molecule has 0 atom stereocenters. The van der Waals surface area contributed by atoms with Crippen molar-refractivity contribution < 1.29 is 27.1 Å². The zero-order valence-electron chi connectivity index (χ0n) is 9.03. The first-order chi connectivity index (χ1) is 8.70. The summed E-state index contributed by atoms with van der Waals surface area (Å²) in [7, 11) is -4.26. The monoisotopic (exact) mass is 330 g/mol. The van der Waals surface area contributed by atoms with E-state index in [2.05, 4.69) is 0 Å². The van der Waals surface area contributed by atoms with Gasteiger partial charge in [-0.1, -0.05) is 23.2 Å². The maximum Gasteiger partial charge on any atom is 0.341 e. The minimum atomic E-state index is -4.26. The molecule has 9 heteroatoms. The van der Waals surface area contributed by atoms with Crippen molar-refractivity contribution in [3.8, 4) is 0 Å². The normalized spacial score (nSPS) is 12.5. The first kappa shape index (κ1) is 15.9. The molecule has 19 heavy (non-hydrogen) atoms. The molecule has 0 aliphatic heterocycles. The van der Waals surface area contributed by atoms with Gasteiger partial charge in [-0.15, -0.1) is 0 Å². The van der Waals surface area contributed by atoms with Crippen LogP contribution in [0.15, 0.2) is 27.6 Å². The summed E-state index contributed by atoms with van der Waals surface area (Å²) < 4.78 is 50.4. The third-order valence-corrected chi connectivity index (χ3v) is 4.50. The highest BCUT2D eigenvalue weighted by Crippen LogP contribution is 2.24. The van der Waals surface area contributed by atoms with E-state index in [1.54, 1.807) is 0 Å². The largest absolute Gasteiger partial charge is 0.477 e. The molecule has 0 aliphatic rings. The molecule has 0 fully saturated rings. The molecule has 1 aromatic carbocycles. The Balaban J connectivity index is 3.45. The second-order valence-electron chi connectivity index (χ2n) is 3.35. The van der Waals surface area contributed by atoms with Crippen molar-refractivity contribution in [2.45, 2.75) is 4.90 Å². The number of rotatable bonds is 4. The van der Waals surface area contributed by atoms with Gasteiger partial charge in [0.1, 0.15) is 16.3 Å². The van der Waals surface area contributed by atoms with E-state index in [0.29, 0.717) is 12.1 Å². The van der Waals surface area contributed by atoms with Crippen molar-refractivity contribution in [1.29, 1.82) is 0 Å². The molecule has 104 valence electrons. The van der Waals surface area contributed by atoms with E-state index in [9.17, 15) is 22.0 Å². The summed E-state index contributed by atoms with van der Waals surface area (Å²) in [4.78, 5) is 9.71. The number of benzene rings is 1. The molecule has 0 spiro atoms. The average molecular weight is 331 g/mol. The number of carbonyl (C=O) groups is 1. The van der Waals surface area contributed by atoms with Crippen LogP contribution in [-0.4, -0.2) is 25.2 Å². The lowest BCUT2D eigenvalue weighted by atomic mass is 10.2. The molecule has 0 aliphatic carbocycles. The molecule has 0 aromatic heterocycles. The number of hydrogen-bond donors (Lipinski definition) is 1. The predicted molar refractivity (Wildman–Crippen MR) is 65.2 cm³/mol. The van der Waals surface area contributed by atoms with Crippen molar-refractivity contribution in [2.75, 3.05) is 5.75 Å². The molecule has 0 unspecified atom stereocenters. The molecule has 0 bridgehead atoms. The fourth-order valence-electron chi connectivity index (χ4n) is 1.26. The number of aromatic carboxylic acids is 1. The summed E-state index contributed by atoms with van der Waals surface area (Å²) in [5.74, 6) is -5.78. The zero-order chi connectivity index (χ0) is 14.8. The van der Waals surface area contributed by atoms with E-state index >= 15 is 0 Å². The number of halogens is 4. The predicted octanol–water partition coefficient (Wildman–Crippen LogP) is 2.76. The highest BCUT2D eigenvalue weighted by Gasteiger charge is 2.27. The molecule has 1 rings (SSSR count). The van der Waals surface area contributed by atoms with Crippen LogP contribution in [0.4, 0.5) is 8.78 Å². The molecule has 0 amide bonds. The van der Waals surface area contributed by atoms with Gasteiger partial charge in [0.05, 0.1) is 5.75 Å². The molecule has 1 aromatic rings. The van der Waals surface area contributed by atoms with Crippen LogP contribution in [0, 0.1) is 11.6 Å². The van der Waals surface area contributed by atoms with Crippen LogP contribution in [0.5, 0.6) is 0 Å². The molecule has 0 saturated carbocycles. The van der Waals surface area contributed by atoms with Crippen LogP contribution >= 0.6 is 23.2 Å². The Labute approximate surface area is 117 Å². The van der Waals surface area contributed by atoms with Crippen LogP contribution in [-0.2, 0) is 9.84 Å². The summed E-state index contributed by atoms with van der Waals surface area (Å²) in [6.45, 7) is 0. The maximum absolute atomic E-state index is 13.7. The van der Waals surface area contributed by atoms with Crippen molar-refractivity contribution in [1.82, 2.24) is 0 Å². The van der Waals surface area contributed by atoms with Gasteiger partial charge in [-0.05, 0) is 12.1 Å². The third-order valence-electron chi connectivity index (χ3n) is 2.05. The smallest absolute Gasteiger partial charge is 0.341 e. The summed E-state index contributed by atoms with van der Waals surface area (Å²) in [5.41, 5.74) is -0.564. The average Bonchev–Trinajstić information content (AvgIpc) is 2.27. The Morgan fingerprint density at radius 3 is 2.42 bits per heavy atom. The minimum absolute atomic E-state index is 0.290. The van der Waals surface area contributed by atoms with Gasteiger partial charge in [-0.2, -0.15) is 0 Å².